The highest BCUT2D eigenvalue weighted by atomic mass is 35.5. The molecule has 2 heteroatoms. The van der Waals surface area contributed by atoms with Crippen LogP contribution in [0.1, 0.15) is 26.2 Å². The fourth-order valence-electron chi connectivity index (χ4n) is 0.528. The third-order valence-corrected chi connectivity index (χ3v) is 1.52. The molecule has 0 nitrogen and oxygen atoms in total. The van der Waals surface area contributed by atoms with E-state index >= 15 is 0 Å². The van der Waals surface area contributed by atoms with Gasteiger partial charge in [0.2, 0.25) is 0 Å². The Kier molecular flexibility index (Phi) is 6.13. The van der Waals surface area contributed by atoms with Gasteiger partial charge in [-0.1, -0.05) is 13.3 Å². The van der Waals surface area contributed by atoms with Crippen LogP contribution in [0.5, 0.6) is 0 Å². The van der Waals surface area contributed by atoms with Crippen LogP contribution in [0.4, 0.5) is 0 Å². The van der Waals surface area contributed by atoms with Crippen molar-refractivity contribution in [1.29, 1.82) is 0 Å². The first kappa shape index (κ1) is 8.58. The van der Waals surface area contributed by atoms with E-state index in [4.69, 9.17) is 23.2 Å². The van der Waals surface area contributed by atoms with E-state index in [1.807, 2.05) is 0 Å². The zero-order valence-electron chi connectivity index (χ0n) is 5.03. The topological polar surface area (TPSA) is 0 Å². The molecule has 1 atom stereocenters. The van der Waals surface area contributed by atoms with Crippen molar-refractivity contribution in [2.75, 3.05) is 0 Å². The summed E-state index contributed by atoms with van der Waals surface area (Å²) in [7, 11) is 0. The van der Waals surface area contributed by atoms with Gasteiger partial charge in [-0.25, -0.2) is 0 Å². The molecule has 1 radical (unpaired) electrons. The van der Waals surface area contributed by atoms with Crippen molar-refractivity contribution < 1.29 is 0 Å². The molecule has 0 aromatic carbocycles. The summed E-state index contributed by atoms with van der Waals surface area (Å²) in [6, 6.07) is 0. The molecular weight excluding hydrogens is 143 g/mol. The number of halogens is 2. The second kappa shape index (κ2) is 5.71. The minimum absolute atomic E-state index is 0.248. The summed E-state index contributed by atoms with van der Waals surface area (Å²) in [6.07, 6.45) is 3.01. The van der Waals surface area contributed by atoms with E-state index < -0.39 is 0 Å². The predicted octanol–water partition coefficient (Wildman–Crippen LogP) is 3.18. The van der Waals surface area contributed by atoms with E-state index in [1.165, 1.54) is 0 Å². The summed E-state index contributed by atoms with van der Waals surface area (Å²) in [4.78, 5) is 0. The van der Waals surface area contributed by atoms with Crippen LogP contribution in [0.15, 0.2) is 0 Å². The van der Waals surface area contributed by atoms with Gasteiger partial charge in [-0.2, -0.15) is 0 Å². The number of hydrogen-bond acceptors (Lipinski definition) is 0. The molecule has 0 rings (SSSR count). The Balaban J connectivity index is 2.92. The lowest BCUT2D eigenvalue weighted by Crippen LogP contribution is -1.94. The Labute approximate surface area is 61.2 Å². The number of alkyl halides is 1. The Morgan fingerprint density at radius 3 is 2.62 bits per heavy atom. The van der Waals surface area contributed by atoms with Crippen molar-refractivity contribution in [3.63, 3.8) is 0 Å². The number of rotatable bonds is 4. The van der Waals surface area contributed by atoms with Crippen LogP contribution in [-0.4, -0.2) is 5.38 Å². The van der Waals surface area contributed by atoms with Crippen molar-refractivity contribution >= 4 is 23.2 Å². The van der Waals surface area contributed by atoms with Gasteiger partial charge in [-0.05, 0) is 12.8 Å². The second-order valence-electron chi connectivity index (χ2n) is 1.78. The van der Waals surface area contributed by atoms with Gasteiger partial charge in [-0.3, -0.25) is 0 Å². The van der Waals surface area contributed by atoms with E-state index in [2.05, 4.69) is 6.92 Å². The van der Waals surface area contributed by atoms with Crippen molar-refractivity contribution in [3.8, 4) is 0 Å². The molecule has 0 fully saturated rings. The minimum Gasteiger partial charge on any atom is -0.123 e. The fourth-order valence-corrected chi connectivity index (χ4v) is 1.14. The summed E-state index contributed by atoms with van der Waals surface area (Å²) in [5, 5.41) is 0.248. The summed E-state index contributed by atoms with van der Waals surface area (Å²) < 4.78 is 0. The molecular formula is C6H11Cl2. The molecule has 0 aromatic rings. The molecule has 0 aliphatic heterocycles. The monoisotopic (exact) mass is 153 g/mol. The van der Waals surface area contributed by atoms with Crippen LogP contribution >= 0.6 is 23.2 Å². The molecule has 0 spiro atoms. The van der Waals surface area contributed by atoms with Gasteiger partial charge in [0.15, 0.2) is 0 Å². The molecule has 0 saturated heterocycles. The van der Waals surface area contributed by atoms with Gasteiger partial charge in [0.1, 0.15) is 0 Å². The first-order valence-corrected chi connectivity index (χ1v) is 3.74. The minimum atomic E-state index is 0.248. The first-order chi connectivity index (χ1) is 3.81. The Bertz CT molecular complexity index is 39.8. The van der Waals surface area contributed by atoms with E-state index in [1.54, 1.807) is 5.88 Å². The molecule has 0 amide bonds. The van der Waals surface area contributed by atoms with Crippen LogP contribution in [-0.2, 0) is 0 Å². The SMILES string of the molecule is CCCC(Cl)C[CH]Cl. The maximum atomic E-state index is 5.77. The molecule has 0 saturated carbocycles. The third kappa shape index (κ3) is 4.73. The summed E-state index contributed by atoms with van der Waals surface area (Å²) >= 11 is 11.1. The number of hydrogen-bond donors (Lipinski definition) is 0. The standard InChI is InChI=1S/C6H11Cl2/c1-2-3-6(8)4-5-7/h5-6H,2-4H2,1H3. The molecule has 1 unspecified atom stereocenters. The van der Waals surface area contributed by atoms with Gasteiger partial charge >= 0.3 is 0 Å². The molecule has 0 bridgehead atoms. The molecule has 8 heavy (non-hydrogen) atoms. The highest BCUT2D eigenvalue weighted by Gasteiger charge is 1.99. The molecule has 0 N–H and O–H groups in total. The lowest BCUT2D eigenvalue weighted by Gasteiger charge is -2.01. The summed E-state index contributed by atoms with van der Waals surface area (Å²) in [5.41, 5.74) is 0. The van der Waals surface area contributed by atoms with Gasteiger partial charge in [-0.15, -0.1) is 23.2 Å². The van der Waals surface area contributed by atoms with E-state index in [0.29, 0.717) is 0 Å². The third-order valence-electron chi connectivity index (χ3n) is 0.947. The Hall–Kier alpha value is 0.580. The fraction of sp³-hybridized carbons (Fsp3) is 0.833. The van der Waals surface area contributed by atoms with E-state index in [0.717, 1.165) is 19.3 Å². The zero-order chi connectivity index (χ0) is 6.41. The Morgan fingerprint density at radius 2 is 2.25 bits per heavy atom. The van der Waals surface area contributed by atoms with Gasteiger partial charge in [0.25, 0.3) is 0 Å². The van der Waals surface area contributed by atoms with Crippen molar-refractivity contribution in [2.24, 2.45) is 0 Å². The smallest absolute Gasteiger partial charge is 0.0514 e. The van der Waals surface area contributed by atoms with Crippen LogP contribution in [0, 0.1) is 5.88 Å². The molecule has 0 heterocycles. The average molecular weight is 154 g/mol. The van der Waals surface area contributed by atoms with Crippen molar-refractivity contribution in [3.05, 3.63) is 5.88 Å². The molecule has 0 aliphatic carbocycles. The van der Waals surface area contributed by atoms with E-state index in [-0.39, 0.29) is 5.38 Å². The van der Waals surface area contributed by atoms with Crippen molar-refractivity contribution in [1.82, 2.24) is 0 Å². The molecule has 0 aliphatic rings. The predicted molar refractivity (Wildman–Crippen MR) is 39.3 cm³/mol. The van der Waals surface area contributed by atoms with Gasteiger partial charge < -0.3 is 0 Å². The normalized spacial score (nSPS) is 13.9. The van der Waals surface area contributed by atoms with Gasteiger partial charge in [0.05, 0.1) is 5.88 Å². The van der Waals surface area contributed by atoms with Crippen LogP contribution in [0.2, 0.25) is 0 Å². The maximum Gasteiger partial charge on any atom is 0.0514 e. The van der Waals surface area contributed by atoms with Crippen LogP contribution in [0.25, 0.3) is 0 Å². The molecule has 49 valence electrons. The largest absolute Gasteiger partial charge is 0.123 e. The lowest BCUT2D eigenvalue weighted by atomic mass is 10.2. The Morgan fingerprint density at radius 1 is 1.62 bits per heavy atom. The average Bonchev–Trinajstić information content (AvgIpc) is 1.68. The van der Waals surface area contributed by atoms with Crippen molar-refractivity contribution in [2.45, 2.75) is 31.6 Å². The summed E-state index contributed by atoms with van der Waals surface area (Å²) in [5.74, 6) is 1.59. The van der Waals surface area contributed by atoms with Crippen LogP contribution in [0.3, 0.4) is 0 Å². The zero-order valence-corrected chi connectivity index (χ0v) is 6.54. The highest BCUT2D eigenvalue weighted by Crippen LogP contribution is 2.11. The molecule has 0 aromatic heterocycles. The first-order valence-electron chi connectivity index (χ1n) is 2.87. The van der Waals surface area contributed by atoms with Gasteiger partial charge in [0, 0.05) is 5.38 Å². The van der Waals surface area contributed by atoms with Crippen LogP contribution < -0.4 is 0 Å². The second-order valence-corrected chi connectivity index (χ2v) is 2.70. The lowest BCUT2D eigenvalue weighted by molar-refractivity contribution is 0.732. The summed E-state index contributed by atoms with van der Waals surface area (Å²) in [6.45, 7) is 2.11. The quantitative estimate of drug-likeness (QED) is 0.545. The maximum absolute atomic E-state index is 5.77. The highest BCUT2D eigenvalue weighted by molar-refractivity contribution is 6.25. The van der Waals surface area contributed by atoms with E-state index in [9.17, 15) is 0 Å².